The van der Waals surface area contributed by atoms with Crippen molar-refractivity contribution in [3.63, 3.8) is 0 Å². The van der Waals surface area contributed by atoms with E-state index in [4.69, 9.17) is 10.00 Å². The minimum Gasteiger partial charge on any atom is -0.457 e. The molecule has 3 nitrogen and oxygen atoms in total. The first kappa shape index (κ1) is 11.3. The Morgan fingerprint density at radius 2 is 2.00 bits per heavy atom. The summed E-state index contributed by atoms with van der Waals surface area (Å²) in [5, 5.41) is 9.56. The van der Waals surface area contributed by atoms with E-state index in [9.17, 15) is 4.39 Å². The van der Waals surface area contributed by atoms with Crippen molar-refractivity contribution in [3.05, 3.63) is 60.0 Å². The van der Waals surface area contributed by atoms with Gasteiger partial charge in [0.05, 0.1) is 17.1 Å². The number of hydrogen-bond acceptors (Lipinski definition) is 2. The molecule has 4 heteroatoms. The lowest BCUT2D eigenvalue weighted by atomic mass is 10.2. The van der Waals surface area contributed by atoms with E-state index in [0.29, 0.717) is 22.6 Å². The van der Waals surface area contributed by atoms with Gasteiger partial charge in [-0.15, -0.1) is 0 Å². The third-order valence-corrected chi connectivity index (χ3v) is 2.78. The van der Waals surface area contributed by atoms with E-state index in [2.05, 4.69) is 4.98 Å². The van der Waals surface area contributed by atoms with Crippen molar-refractivity contribution in [3.8, 4) is 17.6 Å². The summed E-state index contributed by atoms with van der Waals surface area (Å²) in [6, 6.07) is 13.6. The molecule has 0 aliphatic carbocycles. The second-order valence-corrected chi connectivity index (χ2v) is 4.09. The topological polar surface area (TPSA) is 48.8 Å². The van der Waals surface area contributed by atoms with Crippen LogP contribution in [0.25, 0.3) is 10.9 Å². The molecule has 0 fully saturated rings. The Hall–Kier alpha value is -2.80. The number of aromatic amines is 1. The maximum Gasteiger partial charge on any atom is 0.150 e. The molecule has 0 atom stereocenters. The highest BCUT2D eigenvalue weighted by atomic mass is 19.1. The maximum absolute atomic E-state index is 13.8. The average Bonchev–Trinajstić information content (AvgIpc) is 2.88. The van der Waals surface area contributed by atoms with Crippen molar-refractivity contribution >= 4 is 10.9 Å². The van der Waals surface area contributed by atoms with Gasteiger partial charge in [-0.25, -0.2) is 4.39 Å². The van der Waals surface area contributed by atoms with Crippen LogP contribution in [-0.4, -0.2) is 4.98 Å². The number of benzene rings is 2. The smallest absolute Gasteiger partial charge is 0.150 e. The summed E-state index contributed by atoms with van der Waals surface area (Å²) in [5.41, 5.74) is 0.957. The number of rotatable bonds is 2. The van der Waals surface area contributed by atoms with Crippen LogP contribution in [0.1, 0.15) is 5.56 Å². The Balaban J connectivity index is 1.98. The van der Waals surface area contributed by atoms with E-state index in [1.54, 1.807) is 42.6 Å². The normalized spacial score (nSPS) is 10.3. The number of nitrogens with zero attached hydrogens (tertiary/aromatic N) is 1. The number of nitriles is 1. The Kier molecular flexibility index (Phi) is 2.66. The van der Waals surface area contributed by atoms with Gasteiger partial charge >= 0.3 is 0 Å². The lowest BCUT2D eigenvalue weighted by Gasteiger charge is -2.06. The zero-order chi connectivity index (χ0) is 13.2. The van der Waals surface area contributed by atoms with Crippen LogP contribution in [0.15, 0.2) is 48.7 Å². The van der Waals surface area contributed by atoms with E-state index >= 15 is 0 Å². The van der Waals surface area contributed by atoms with Crippen molar-refractivity contribution in [1.29, 1.82) is 5.26 Å². The SMILES string of the molecule is N#Cc1cccc(Oc2cc(F)c3[nH]ccc3c2)c1. The van der Waals surface area contributed by atoms with Gasteiger partial charge < -0.3 is 9.72 Å². The highest BCUT2D eigenvalue weighted by Crippen LogP contribution is 2.27. The summed E-state index contributed by atoms with van der Waals surface area (Å²) in [7, 11) is 0. The maximum atomic E-state index is 13.8. The monoisotopic (exact) mass is 252 g/mol. The predicted octanol–water partition coefficient (Wildman–Crippen LogP) is 3.97. The number of halogens is 1. The van der Waals surface area contributed by atoms with Gasteiger partial charge in [0.15, 0.2) is 5.82 Å². The molecule has 0 aliphatic heterocycles. The second kappa shape index (κ2) is 4.46. The van der Waals surface area contributed by atoms with Crippen LogP contribution in [-0.2, 0) is 0 Å². The average molecular weight is 252 g/mol. The first-order valence-corrected chi connectivity index (χ1v) is 5.71. The zero-order valence-electron chi connectivity index (χ0n) is 9.85. The molecular formula is C15H9FN2O. The number of ether oxygens (including phenoxy) is 1. The predicted molar refractivity (Wildman–Crippen MR) is 69.5 cm³/mol. The van der Waals surface area contributed by atoms with Crippen molar-refractivity contribution in [1.82, 2.24) is 4.98 Å². The van der Waals surface area contributed by atoms with Gasteiger partial charge in [0, 0.05) is 17.6 Å². The molecule has 3 aromatic rings. The summed E-state index contributed by atoms with van der Waals surface area (Å²) in [4.78, 5) is 2.82. The number of nitrogens with one attached hydrogen (secondary N) is 1. The number of fused-ring (bicyclic) bond motifs is 1. The Labute approximate surface area is 108 Å². The summed E-state index contributed by atoms with van der Waals surface area (Å²) in [6.45, 7) is 0. The molecule has 0 aliphatic rings. The van der Waals surface area contributed by atoms with Crippen LogP contribution in [0.2, 0.25) is 0 Å². The third kappa shape index (κ3) is 2.14. The second-order valence-electron chi connectivity index (χ2n) is 4.09. The number of H-pyrrole nitrogens is 1. The molecule has 1 aromatic heterocycles. The Morgan fingerprint density at radius 1 is 1.11 bits per heavy atom. The van der Waals surface area contributed by atoms with Gasteiger partial charge in [0.2, 0.25) is 0 Å². The Bertz CT molecular complexity index is 786. The van der Waals surface area contributed by atoms with Gasteiger partial charge in [-0.3, -0.25) is 0 Å². The minimum atomic E-state index is -0.367. The van der Waals surface area contributed by atoms with E-state index in [1.165, 1.54) is 6.07 Å². The molecule has 0 saturated heterocycles. The van der Waals surface area contributed by atoms with Crippen LogP contribution < -0.4 is 4.74 Å². The summed E-state index contributed by atoms with van der Waals surface area (Å²) >= 11 is 0. The lowest BCUT2D eigenvalue weighted by molar-refractivity contribution is 0.478. The molecule has 2 aromatic carbocycles. The third-order valence-electron chi connectivity index (χ3n) is 2.78. The van der Waals surface area contributed by atoms with Crippen LogP contribution in [0.5, 0.6) is 11.5 Å². The van der Waals surface area contributed by atoms with Crippen molar-refractivity contribution in [2.75, 3.05) is 0 Å². The highest BCUT2D eigenvalue weighted by molar-refractivity contribution is 5.81. The van der Waals surface area contributed by atoms with Crippen LogP contribution in [0.4, 0.5) is 4.39 Å². The standard InChI is InChI=1S/C15H9FN2O/c16-14-8-13(7-11-4-5-18-15(11)14)19-12-3-1-2-10(6-12)9-17/h1-8,18H. The summed E-state index contributed by atoms with van der Waals surface area (Å²) in [6.07, 6.45) is 1.67. The van der Waals surface area contributed by atoms with Gasteiger partial charge in [0.25, 0.3) is 0 Å². The molecule has 0 saturated carbocycles. The molecule has 0 unspecified atom stereocenters. The first-order valence-electron chi connectivity index (χ1n) is 5.71. The minimum absolute atomic E-state index is 0.367. The first-order chi connectivity index (χ1) is 9.26. The van der Waals surface area contributed by atoms with Gasteiger partial charge in [-0.1, -0.05) is 6.07 Å². The van der Waals surface area contributed by atoms with E-state index in [0.717, 1.165) is 5.39 Å². The van der Waals surface area contributed by atoms with Crippen LogP contribution in [0, 0.1) is 17.1 Å². The fraction of sp³-hybridized carbons (Fsp3) is 0. The van der Waals surface area contributed by atoms with Gasteiger partial charge in [-0.05, 0) is 30.3 Å². The van der Waals surface area contributed by atoms with Crippen LogP contribution in [0.3, 0.4) is 0 Å². The van der Waals surface area contributed by atoms with Crippen LogP contribution >= 0.6 is 0 Å². The fourth-order valence-electron chi connectivity index (χ4n) is 1.92. The quantitative estimate of drug-likeness (QED) is 0.750. The summed E-state index contributed by atoms with van der Waals surface area (Å²) < 4.78 is 19.3. The highest BCUT2D eigenvalue weighted by Gasteiger charge is 2.06. The van der Waals surface area contributed by atoms with Crippen molar-refractivity contribution < 1.29 is 9.13 Å². The summed E-state index contributed by atoms with van der Waals surface area (Å²) in [5.74, 6) is 0.543. The number of hydrogen-bond donors (Lipinski definition) is 1. The van der Waals surface area contributed by atoms with E-state index in [1.807, 2.05) is 6.07 Å². The van der Waals surface area contributed by atoms with E-state index < -0.39 is 0 Å². The largest absolute Gasteiger partial charge is 0.457 e. The Morgan fingerprint density at radius 3 is 2.84 bits per heavy atom. The van der Waals surface area contributed by atoms with Crippen molar-refractivity contribution in [2.24, 2.45) is 0 Å². The molecule has 1 heterocycles. The fourth-order valence-corrected chi connectivity index (χ4v) is 1.92. The molecule has 0 bridgehead atoms. The molecule has 1 N–H and O–H groups in total. The van der Waals surface area contributed by atoms with Gasteiger partial charge in [-0.2, -0.15) is 5.26 Å². The van der Waals surface area contributed by atoms with Crippen molar-refractivity contribution in [2.45, 2.75) is 0 Å². The number of aromatic nitrogens is 1. The molecule has 3 rings (SSSR count). The molecule has 19 heavy (non-hydrogen) atoms. The molecule has 0 radical (unpaired) electrons. The van der Waals surface area contributed by atoms with E-state index in [-0.39, 0.29) is 5.82 Å². The van der Waals surface area contributed by atoms with Gasteiger partial charge in [0.1, 0.15) is 11.5 Å². The molecular weight excluding hydrogens is 243 g/mol. The zero-order valence-corrected chi connectivity index (χ0v) is 9.85. The molecule has 92 valence electrons. The molecule has 0 amide bonds. The molecule has 0 spiro atoms. The lowest BCUT2D eigenvalue weighted by Crippen LogP contribution is -1.87.